The van der Waals surface area contributed by atoms with Crippen LogP contribution in [0.15, 0.2) is 22.7 Å². The van der Waals surface area contributed by atoms with E-state index in [0.29, 0.717) is 17.6 Å². The second-order valence-corrected chi connectivity index (χ2v) is 5.78. The van der Waals surface area contributed by atoms with Crippen LogP contribution in [-0.4, -0.2) is 22.2 Å². The maximum absolute atomic E-state index is 13.0. The van der Waals surface area contributed by atoms with Gasteiger partial charge in [0.2, 0.25) is 5.89 Å². The number of amides is 1. The van der Waals surface area contributed by atoms with Gasteiger partial charge in [-0.1, -0.05) is 16.8 Å². The molecule has 0 radical (unpaired) electrons. The standard InChI is InChI=1S/C15H15ClFN3O3/c1-8(22-12-5-4-10(17)6-11(12)16)15(21)18-7-13-19-14(20-23-13)9-2-3-9/h4-6,8-9H,2-3,7H2,1H3,(H,18,21). The second-order valence-electron chi connectivity index (χ2n) is 5.37. The van der Waals surface area contributed by atoms with Crippen molar-refractivity contribution < 1.29 is 18.4 Å². The van der Waals surface area contributed by atoms with Gasteiger partial charge in [0.25, 0.3) is 5.91 Å². The van der Waals surface area contributed by atoms with E-state index in [0.717, 1.165) is 18.9 Å². The van der Waals surface area contributed by atoms with Crippen LogP contribution in [0.3, 0.4) is 0 Å². The van der Waals surface area contributed by atoms with E-state index in [4.69, 9.17) is 20.9 Å². The topological polar surface area (TPSA) is 77.2 Å². The zero-order chi connectivity index (χ0) is 16.4. The largest absolute Gasteiger partial charge is 0.479 e. The number of halogens is 2. The molecule has 1 aromatic carbocycles. The lowest BCUT2D eigenvalue weighted by molar-refractivity contribution is -0.127. The van der Waals surface area contributed by atoms with Crippen molar-refractivity contribution >= 4 is 17.5 Å². The maximum Gasteiger partial charge on any atom is 0.261 e. The summed E-state index contributed by atoms with van der Waals surface area (Å²) in [5.74, 6) is 0.846. The molecule has 1 unspecified atom stereocenters. The summed E-state index contributed by atoms with van der Waals surface area (Å²) in [6.07, 6.45) is 1.35. The molecule has 0 saturated heterocycles. The molecule has 1 N–H and O–H groups in total. The van der Waals surface area contributed by atoms with Gasteiger partial charge in [-0.3, -0.25) is 4.79 Å². The average Bonchev–Trinajstić information content (AvgIpc) is 3.26. The first-order chi connectivity index (χ1) is 11.0. The molecule has 0 aliphatic heterocycles. The average molecular weight is 340 g/mol. The van der Waals surface area contributed by atoms with Crippen LogP contribution < -0.4 is 10.1 Å². The van der Waals surface area contributed by atoms with Crippen LogP contribution in [0.4, 0.5) is 4.39 Å². The van der Waals surface area contributed by atoms with Gasteiger partial charge in [0.1, 0.15) is 11.6 Å². The molecule has 0 spiro atoms. The number of benzene rings is 1. The fraction of sp³-hybridized carbons (Fsp3) is 0.400. The first-order valence-electron chi connectivity index (χ1n) is 7.25. The van der Waals surface area contributed by atoms with Gasteiger partial charge in [0.15, 0.2) is 11.9 Å². The van der Waals surface area contributed by atoms with Gasteiger partial charge >= 0.3 is 0 Å². The zero-order valence-corrected chi connectivity index (χ0v) is 13.1. The van der Waals surface area contributed by atoms with E-state index >= 15 is 0 Å². The van der Waals surface area contributed by atoms with Crippen molar-refractivity contribution in [3.8, 4) is 5.75 Å². The van der Waals surface area contributed by atoms with E-state index in [1.165, 1.54) is 12.1 Å². The third kappa shape index (κ3) is 3.98. The van der Waals surface area contributed by atoms with Gasteiger partial charge in [0.05, 0.1) is 11.6 Å². The van der Waals surface area contributed by atoms with Crippen molar-refractivity contribution in [2.75, 3.05) is 0 Å². The van der Waals surface area contributed by atoms with Crippen LogP contribution >= 0.6 is 11.6 Å². The Labute approximate surface area is 137 Å². The number of hydrogen-bond donors (Lipinski definition) is 1. The highest BCUT2D eigenvalue weighted by Gasteiger charge is 2.28. The molecule has 1 atom stereocenters. The number of nitrogens with zero attached hydrogens (tertiary/aromatic N) is 2. The fourth-order valence-electron chi connectivity index (χ4n) is 1.97. The molecule has 1 aliphatic rings. The monoisotopic (exact) mass is 339 g/mol. The third-order valence-corrected chi connectivity index (χ3v) is 3.70. The molecule has 1 saturated carbocycles. The number of nitrogens with one attached hydrogen (secondary N) is 1. The fourth-order valence-corrected chi connectivity index (χ4v) is 2.18. The molecule has 1 amide bonds. The van der Waals surface area contributed by atoms with Crippen molar-refractivity contribution in [2.24, 2.45) is 0 Å². The van der Waals surface area contributed by atoms with Crippen molar-refractivity contribution in [3.63, 3.8) is 0 Å². The highest BCUT2D eigenvalue weighted by atomic mass is 35.5. The number of aromatic nitrogens is 2. The summed E-state index contributed by atoms with van der Waals surface area (Å²) < 4.78 is 23.5. The molecule has 6 nitrogen and oxygen atoms in total. The highest BCUT2D eigenvalue weighted by molar-refractivity contribution is 6.32. The van der Waals surface area contributed by atoms with Crippen molar-refractivity contribution in [2.45, 2.75) is 38.3 Å². The normalized spacial score (nSPS) is 15.3. The Morgan fingerprint density at radius 1 is 1.57 bits per heavy atom. The highest BCUT2D eigenvalue weighted by Crippen LogP contribution is 2.38. The molecule has 3 rings (SSSR count). The molecule has 1 heterocycles. The van der Waals surface area contributed by atoms with E-state index in [-0.39, 0.29) is 23.2 Å². The SMILES string of the molecule is CC(Oc1ccc(F)cc1Cl)C(=O)NCc1nc(C2CC2)no1. The first-order valence-corrected chi connectivity index (χ1v) is 7.62. The van der Waals surface area contributed by atoms with E-state index in [9.17, 15) is 9.18 Å². The molecule has 0 bridgehead atoms. The summed E-state index contributed by atoms with van der Waals surface area (Å²) in [6, 6.07) is 3.71. The number of ether oxygens (including phenoxy) is 1. The van der Waals surface area contributed by atoms with Gasteiger partial charge in [0, 0.05) is 5.92 Å². The van der Waals surface area contributed by atoms with Gasteiger partial charge in [-0.15, -0.1) is 0 Å². The van der Waals surface area contributed by atoms with E-state index in [2.05, 4.69) is 15.5 Å². The summed E-state index contributed by atoms with van der Waals surface area (Å²) in [4.78, 5) is 16.2. The Kier molecular flexibility index (Phi) is 4.47. The van der Waals surface area contributed by atoms with Gasteiger partial charge < -0.3 is 14.6 Å². The van der Waals surface area contributed by atoms with Crippen molar-refractivity contribution in [1.82, 2.24) is 15.5 Å². The molecule has 8 heteroatoms. The van der Waals surface area contributed by atoms with E-state index < -0.39 is 11.9 Å². The lowest BCUT2D eigenvalue weighted by atomic mass is 10.3. The second kappa shape index (κ2) is 6.54. The van der Waals surface area contributed by atoms with Gasteiger partial charge in [-0.05, 0) is 38.0 Å². The van der Waals surface area contributed by atoms with Crippen LogP contribution in [-0.2, 0) is 11.3 Å². The van der Waals surface area contributed by atoms with Crippen LogP contribution in [0.2, 0.25) is 5.02 Å². The van der Waals surface area contributed by atoms with Crippen LogP contribution in [0.25, 0.3) is 0 Å². The minimum absolute atomic E-state index is 0.107. The lowest BCUT2D eigenvalue weighted by Gasteiger charge is -2.15. The Bertz CT molecular complexity index is 718. The van der Waals surface area contributed by atoms with E-state index in [1.54, 1.807) is 6.92 Å². The number of rotatable bonds is 6. The van der Waals surface area contributed by atoms with Gasteiger partial charge in [-0.2, -0.15) is 4.98 Å². The molecule has 1 aliphatic carbocycles. The summed E-state index contributed by atoms with van der Waals surface area (Å²) in [5.41, 5.74) is 0. The number of hydrogen-bond acceptors (Lipinski definition) is 5. The molecule has 122 valence electrons. The Balaban J connectivity index is 1.52. The maximum atomic E-state index is 13.0. The van der Waals surface area contributed by atoms with Crippen LogP contribution in [0.5, 0.6) is 5.75 Å². The summed E-state index contributed by atoms with van der Waals surface area (Å²) >= 11 is 5.86. The van der Waals surface area contributed by atoms with Crippen LogP contribution in [0.1, 0.15) is 37.4 Å². The number of carbonyl (C=O) groups excluding carboxylic acids is 1. The summed E-state index contributed by atoms with van der Waals surface area (Å²) in [6.45, 7) is 1.70. The quantitative estimate of drug-likeness (QED) is 0.875. The van der Waals surface area contributed by atoms with Gasteiger partial charge in [-0.25, -0.2) is 4.39 Å². The van der Waals surface area contributed by atoms with E-state index in [1.807, 2.05) is 0 Å². The number of carbonyl (C=O) groups is 1. The Hall–Kier alpha value is -2.15. The molecule has 1 fully saturated rings. The van der Waals surface area contributed by atoms with Crippen molar-refractivity contribution in [3.05, 3.63) is 40.8 Å². The predicted octanol–water partition coefficient (Wildman–Crippen LogP) is 2.82. The molecule has 23 heavy (non-hydrogen) atoms. The molecular formula is C15H15ClFN3O3. The zero-order valence-electron chi connectivity index (χ0n) is 12.4. The van der Waals surface area contributed by atoms with Crippen molar-refractivity contribution in [1.29, 1.82) is 0 Å². The summed E-state index contributed by atoms with van der Waals surface area (Å²) in [7, 11) is 0. The molecule has 2 aromatic rings. The lowest BCUT2D eigenvalue weighted by Crippen LogP contribution is -2.36. The first kappa shape index (κ1) is 15.7. The minimum atomic E-state index is -0.802. The van der Waals surface area contributed by atoms with Crippen LogP contribution in [0, 0.1) is 5.82 Å². The predicted molar refractivity (Wildman–Crippen MR) is 79.6 cm³/mol. The summed E-state index contributed by atoms with van der Waals surface area (Å²) in [5, 5.41) is 6.62. The third-order valence-electron chi connectivity index (χ3n) is 3.41. The Morgan fingerprint density at radius 3 is 3.04 bits per heavy atom. The smallest absolute Gasteiger partial charge is 0.261 e. The molecule has 1 aromatic heterocycles. The minimum Gasteiger partial charge on any atom is -0.479 e. The molecular weight excluding hydrogens is 325 g/mol. The Morgan fingerprint density at radius 2 is 2.35 bits per heavy atom.